The lowest BCUT2D eigenvalue weighted by Gasteiger charge is -2.26. The molecule has 0 saturated heterocycles. The van der Waals surface area contributed by atoms with Gasteiger partial charge in [-0.3, -0.25) is 4.90 Å². The molecule has 2 rings (SSSR count). The Morgan fingerprint density at radius 1 is 1.37 bits per heavy atom. The lowest BCUT2D eigenvalue weighted by molar-refractivity contribution is 0.0579. The minimum Gasteiger partial charge on any atom is -0.443 e. The van der Waals surface area contributed by atoms with Gasteiger partial charge in [-0.05, 0) is 38.5 Å². The molecule has 0 unspecified atom stereocenters. The summed E-state index contributed by atoms with van der Waals surface area (Å²) in [5.41, 5.74) is 1.40. The first kappa shape index (κ1) is 14.2. The second-order valence-electron chi connectivity index (χ2n) is 6.61. The first-order chi connectivity index (χ1) is 8.60. The van der Waals surface area contributed by atoms with Crippen LogP contribution in [0.4, 0.5) is 10.5 Å². The summed E-state index contributed by atoms with van der Waals surface area (Å²) in [6, 6.07) is 5.68. The van der Waals surface area contributed by atoms with Gasteiger partial charge in [0, 0.05) is 17.0 Å². The molecule has 19 heavy (non-hydrogen) atoms. The molecular weight excluding hydrogens is 262 g/mol. The maximum atomic E-state index is 12.3. The quantitative estimate of drug-likeness (QED) is 0.706. The van der Waals surface area contributed by atoms with Crippen LogP contribution in [0.5, 0.6) is 0 Å². The minimum absolute atomic E-state index is 0.0865. The van der Waals surface area contributed by atoms with Gasteiger partial charge in [0.2, 0.25) is 0 Å². The molecule has 0 atom stereocenters. The van der Waals surface area contributed by atoms with Crippen LogP contribution in [0, 0.1) is 0 Å². The lowest BCUT2D eigenvalue weighted by atomic mass is 9.87. The van der Waals surface area contributed by atoms with Crippen LogP contribution in [-0.2, 0) is 10.2 Å². The smallest absolute Gasteiger partial charge is 0.414 e. The molecule has 0 N–H and O–H groups in total. The van der Waals surface area contributed by atoms with E-state index in [1.165, 1.54) is 0 Å². The monoisotopic (exact) mass is 281 g/mol. The van der Waals surface area contributed by atoms with Crippen LogP contribution >= 0.6 is 11.6 Å². The molecule has 0 aliphatic carbocycles. The van der Waals surface area contributed by atoms with Crippen molar-refractivity contribution in [1.82, 2.24) is 0 Å². The molecule has 0 bridgehead atoms. The van der Waals surface area contributed by atoms with Crippen molar-refractivity contribution in [1.29, 1.82) is 0 Å². The zero-order valence-corrected chi connectivity index (χ0v) is 12.8. The number of nitrogens with zero attached hydrogens (tertiary/aromatic N) is 1. The standard InChI is InChI=1S/C15H20ClNO2/c1-14(2,3)19-13(18)17-9-15(4,5)11-7-6-10(16)8-12(11)17/h6-8H,9H2,1-5H3. The summed E-state index contributed by atoms with van der Waals surface area (Å²) in [7, 11) is 0. The SMILES string of the molecule is CC(C)(C)OC(=O)N1CC(C)(C)c2ccc(Cl)cc21. The Kier molecular flexibility index (Phi) is 3.29. The van der Waals surface area contributed by atoms with E-state index in [4.69, 9.17) is 16.3 Å². The van der Waals surface area contributed by atoms with E-state index < -0.39 is 5.60 Å². The number of carbonyl (C=O) groups is 1. The molecule has 0 radical (unpaired) electrons. The fraction of sp³-hybridized carbons (Fsp3) is 0.533. The number of benzene rings is 1. The number of ether oxygens (including phenoxy) is 1. The molecule has 4 heteroatoms. The van der Waals surface area contributed by atoms with Gasteiger partial charge in [0.05, 0.1) is 5.69 Å². The Labute approximate surface area is 119 Å². The molecule has 1 heterocycles. The lowest BCUT2D eigenvalue weighted by Crippen LogP contribution is -2.38. The van der Waals surface area contributed by atoms with Gasteiger partial charge < -0.3 is 4.74 Å². The van der Waals surface area contributed by atoms with Crippen molar-refractivity contribution in [3.8, 4) is 0 Å². The molecule has 1 aromatic rings. The van der Waals surface area contributed by atoms with Crippen LogP contribution in [-0.4, -0.2) is 18.2 Å². The number of amides is 1. The molecule has 0 saturated carbocycles. The van der Waals surface area contributed by atoms with Gasteiger partial charge in [0.25, 0.3) is 0 Å². The third kappa shape index (κ3) is 2.86. The molecule has 1 aliphatic heterocycles. The third-order valence-electron chi connectivity index (χ3n) is 3.15. The summed E-state index contributed by atoms with van der Waals surface area (Å²) >= 11 is 6.04. The molecule has 0 aromatic heterocycles. The summed E-state index contributed by atoms with van der Waals surface area (Å²) in [5, 5.41) is 0.630. The number of anilines is 1. The van der Waals surface area contributed by atoms with Crippen molar-refractivity contribution in [3.05, 3.63) is 28.8 Å². The Morgan fingerprint density at radius 3 is 2.58 bits per heavy atom. The molecule has 3 nitrogen and oxygen atoms in total. The van der Waals surface area contributed by atoms with Crippen LogP contribution in [0.2, 0.25) is 5.02 Å². The van der Waals surface area contributed by atoms with E-state index in [1.807, 2.05) is 39.0 Å². The van der Waals surface area contributed by atoms with Crippen molar-refractivity contribution in [3.63, 3.8) is 0 Å². The first-order valence-electron chi connectivity index (χ1n) is 6.41. The molecule has 0 fully saturated rings. The number of hydrogen-bond acceptors (Lipinski definition) is 2. The molecule has 1 amide bonds. The van der Waals surface area contributed by atoms with Gasteiger partial charge in [0.1, 0.15) is 5.60 Å². The van der Waals surface area contributed by atoms with E-state index in [1.54, 1.807) is 4.90 Å². The summed E-state index contributed by atoms with van der Waals surface area (Å²) < 4.78 is 5.46. The van der Waals surface area contributed by atoms with Crippen molar-refractivity contribution in [2.45, 2.75) is 45.6 Å². The topological polar surface area (TPSA) is 29.5 Å². The Bertz CT molecular complexity index is 517. The number of hydrogen-bond donors (Lipinski definition) is 0. The zero-order valence-electron chi connectivity index (χ0n) is 12.1. The number of halogens is 1. The maximum absolute atomic E-state index is 12.3. The molecule has 1 aliphatic rings. The van der Waals surface area contributed by atoms with Crippen molar-refractivity contribution in [2.75, 3.05) is 11.4 Å². The summed E-state index contributed by atoms with van der Waals surface area (Å²) in [4.78, 5) is 14.0. The van der Waals surface area contributed by atoms with Gasteiger partial charge >= 0.3 is 6.09 Å². The van der Waals surface area contributed by atoms with Gasteiger partial charge in [0.15, 0.2) is 0 Å². The van der Waals surface area contributed by atoms with Gasteiger partial charge in [-0.2, -0.15) is 0 Å². The summed E-state index contributed by atoms with van der Waals surface area (Å²) in [6.45, 7) is 10.4. The van der Waals surface area contributed by atoms with Crippen molar-refractivity contribution >= 4 is 23.4 Å². The Hall–Kier alpha value is -1.22. The van der Waals surface area contributed by atoms with Crippen LogP contribution in [0.25, 0.3) is 0 Å². The molecular formula is C15H20ClNO2. The predicted octanol–water partition coefficient (Wildman–Crippen LogP) is 4.37. The highest BCUT2D eigenvalue weighted by Crippen LogP contribution is 2.42. The van der Waals surface area contributed by atoms with E-state index in [9.17, 15) is 4.79 Å². The molecule has 104 valence electrons. The van der Waals surface area contributed by atoms with E-state index in [2.05, 4.69) is 13.8 Å². The van der Waals surface area contributed by atoms with Crippen LogP contribution in [0.1, 0.15) is 40.2 Å². The fourth-order valence-corrected chi connectivity index (χ4v) is 2.51. The molecule has 0 spiro atoms. The maximum Gasteiger partial charge on any atom is 0.414 e. The number of fused-ring (bicyclic) bond motifs is 1. The van der Waals surface area contributed by atoms with Crippen LogP contribution in [0.3, 0.4) is 0 Å². The second-order valence-corrected chi connectivity index (χ2v) is 7.05. The predicted molar refractivity (Wildman–Crippen MR) is 78.1 cm³/mol. The average molecular weight is 282 g/mol. The van der Waals surface area contributed by atoms with Gasteiger partial charge in [-0.1, -0.05) is 31.5 Å². The van der Waals surface area contributed by atoms with Gasteiger partial charge in [-0.25, -0.2) is 4.79 Å². The first-order valence-corrected chi connectivity index (χ1v) is 6.78. The Morgan fingerprint density at radius 2 is 2.00 bits per heavy atom. The third-order valence-corrected chi connectivity index (χ3v) is 3.38. The van der Waals surface area contributed by atoms with E-state index in [0.29, 0.717) is 11.6 Å². The highest BCUT2D eigenvalue weighted by molar-refractivity contribution is 6.31. The van der Waals surface area contributed by atoms with Crippen molar-refractivity contribution < 1.29 is 9.53 Å². The van der Waals surface area contributed by atoms with E-state index >= 15 is 0 Å². The summed E-state index contributed by atoms with van der Waals surface area (Å²) in [5.74, 6) is 0. The van der Waals surface area contributed by atoms with E-state index in [-0.39, 0.29) is 11.5 Å². The second kappa shape index (κ2) is 4.41. The average Bonchev–Trinajstić information content (AvgIpc) is 2.48. The highest BCUT2D eigenvalue weighted by atomic mass is 35.5. The van der Waals surface area contributed by atoms with Crippen LogP contribution in [0.15, 0.2) is 18.2 Å². The number of carbonyl (C=O) groups excluding carboxylic acids is 1. The number of rotatable bonds is 0. The van der Waals surface area contributed by atoms with Crippen molar-refractivity contribution in [2.24, 2.45) is 0 Å². The highest BCUT2D eigenvalue weighted by Gasteiger charge is 2.39. The zero-order chi connectivity index (χ0) is 14.4. The Balaban J connectivity index is 2.36. The van der Waals surface area contributed by atoms with Crippen LogP contribution < -0.4 is 4.90 Å². The van der Waals surface area contributed by atoms with Gasteiger partial charge in [-0.15, -0.1) is 0 Å². The fourth-order valence-electron chi connectivity index (χ4n) is 2.35. The minimum atomic E-state index is -0.497. The normalized spacial score (nSPS) is 17.3. The van der Waals surface area contributed by atoms with E-state index in [0.717, 1.165) is 11.3 Å². The molecule has 1 aromatic carbocycles. The largest absolute Gasteiger partial charge is 0.443 e. The summed E-state index contributed by atoms with van der Waals surface area (Å²) in [6.07, 6.45) is -0.318.